The Labute approximate surface area is 111 Å². The highest BCUT2D eigenvalue weighted by Crippen LogP contribution is 2.44. The number of hydrogen-bond acceptors (Lipinski definition) is 3. The van der Waals surface area contributed by atoms with Crippen LogP contribution in [-0.2, 0) is 5.54 Å². The molecule has 3 N–H and O–H groups in total. The van der Waals surface area contributed by atoms with Crippen LogP contribution in [-0.4, -0.2) is 12.2 Å². The summed E-state index contributed by atoms with van der Waals surface area (Å²) in [6, 6.07) is 2.74. The molecular weight excluding hydrogens is 252 g/mol. The van der Waals surface area contributed by atoms with Gasteiger partial charge in [0.15, 0.2) is 0 Å². The van der Waals surface area contributed by atoms with E-state index in [1.54, 1.807) is 6.07 Å². The Balaban J connectivity index is 2.51. The molecule has 1 aliphatic carbocycles. The van der Waals surface area contributed by atoms with Crippen LogP contribution in [0.2, 0.25) is 0 Å². The summed E-state index contributed by atoms with van der Waals surface area (Å²) in [5.41, 5.74) is 5.54. The van der Waals surface area contributed by atoms with E-state index in [1.807, 2.05) is 0 Å². The maximum absolute atomic E-state index is 13.0. The van der Waals surface area contributed by atoms with Crippen LogP contribution in [0.5, 0.6) is 11.5 Å². The summed E-state index contributed by atoms with van der Waals surface area (Å²) in [4.78, 5) is 0. The summed E-state index contributed by atoms with van der Waals surface area (Å²) in [7, 11) is 1.41. The molecule has 0 heterocycles. The zero-order chi connectivity index (χ0) is 14.0. The summed E-state index contributed by atoms with van der Waals surface area (Å²) < 4.78 is 31.0. The molecule has 1 saturated carbocycles. The van der Waals surface area contributed by atoms with E-state index in [-0.39, 0.29) is 5.75 Å². The Morgan fingerprint density at radius 3 is 2.42 bits per heavy atom. The predicted octanol–water partition coefficient (Wildman–Crippen LogP) is 3.46. The van der Waals surface area contributed by atoms with Crippen LogP contribution in [0.25, 0.3) is 0 Å². The quantitative estimate of drug-likeness (QED) is 0.885. The summed E-state index contributed by atoms with van der Waals surface area (Å²) in [6.07, 6.45) is 1.60. The fourth-order valence-electron chi connectivity index (χ4n) is 2.75. The molecule has 0 bridgehead atoms. The largest absolute Gasteiger partial charge is 0.507 e. The van der Waals surface area contributed by atoms with E-state index in [2.05, 4.69) is 0 Å². The number of alkyl halides is 2. The first-order chi connectivity index (χ1) is 8.98. The normalized spacial score (nSPS) is 18.6. The second kappa shape index (κ2) is 5.33. The van der Waals surface area contributed by atoms with Crippen molar-refractivity contribution in [3.8, 4) is 11.5 Å². The average molecular weight is 271 g/mol. The van der Waals surface area contributed by atoms with Crippen LogP contribution < -0.4 is 10.5 Å². The Bertz CT molecular complexity index is 457. The second-order valence-electron chi connectivity index (χ2n) is 5.13. The van der Waals surface area contributed by atoms with Gasteiger partial charge in [0.2, 0.25) is 0 Å². The van der Waals surface area contributed by atoms with Crippen molar-refractivity contribution in [1.29, 1.82) is 0 Å². The lowest BCUT2D eigenvalue weighted by atomic mass is 9.76. The molecule has 0 spiro atoms. The number of benzene rings is 1. The van der Waals surface area contributed by atoms with Crippen molar-refractivity contribution in [2.75, 3.05) is 7.11 Å². The maximum atomic E-state index is 13.0. The van der Waals surface area contributed by atoms with Crippen LogP contribution in [0.15, 0.2) is 12.1 Å². The summed E-state index contributed by atoms with van der Waals surface area (Å²) in [5.74, 6) is -0.0845. The van der Waals surface area contributed by atoms with Crippen molar-refractivity contribution in [3.05, 3.63) is 23.3 Å². The molecule has 2 rings (SSSR count). The standard InChI is InChI=1S/C14H19F2NO2/c1-19-9-7-10(13(15)16)12(18)11(8-9)14(17)5-3-2-4-6-14/h7-8,13,18H,2-6,17H2,1H3. The van der Waals surface area contributed by atoms with Crippen molar-refractivity contribution in [3.63, 3.8) is 0 Å². The van der Waals surface area contributed by atoms with E-state index in [4.69, 9.17) is 10.5 Å². The molecule has 1 aromatic rings. The first-order valence-electron chi connectivity index (χ1n) is 6.46. The van der Waals surface area contributed by atoms with Gasteiger partial charge in [-0.2, -0.15) is 0 Å². The van der Waals surface area contributed by atoms with E-state index >= 15 is 0 Å². The summed E-state index contributed by atoms with van der Waals surface area (Å²) in [6.45, 7) is 0. The highest BCUT2D eigenvalue weighted by Gasteiger charge is 2.34. The molecule has 106 valence electrons. The minimum Gasteiger partial charge on any atom is -0.507 e. The highest BCUT2D eigenvalue weighted by molar-refractivity contribution is 5.50. The van der Waals surface area contributed by atoms with Gasteiger partial charge >= 0.3 is 0 Å². The van der Waals surface area contributed by atoms with Gasteiger partial charge in [0.1, 0.15) is 11.5 Å². The molecule has 19 heavy (non-hydrogen) atoms. The van der Waals surface area contributed by atoms with Crippen molar-refractivity contribution in [2.24, 2.45) is 5.73 Å². The van der Waals surface area contributed by atoms with Gasteiger partial charge in [-0.1, -0.05) is 19.3 Å². The molecule has 0 aliphatic heterocycles. The van der Waals surface area contributed by atoms with E-state index in [1.165, 1.54) is 7.11 Å². The van der Waals surface area contributed by atoms with Crippen molar-refractivity contribution >= 4 is 0 Å². The van der Waals surface area contributed by atoms with Gasteiger partial charge in [0, 0.05) is 11.1 Å². The predicted molar refractivity (Wildman–Crippen MR) is 68.6 cm³/mol. The summed E-state index contributed by atoms with van der Waals surface area (Å²) in [5, 5.41) is 10.1. The fraction of sp³-hybridized carbons (Fsp3) is 0.571. The highest BCUT2D eigenvalue weighted by atomic mass is 19.3. The zero-order valence-electron chi connectivity index (χ0n) is 11.0. The molecule has 0 amide bonds. The molecule has 0 radical (unpaired) electrons. The van der Waals surface area contributed by atoms with E-state index in [0.717, 1.165) is 25.3 Å². The Morgan fingerprint density at radius 1 is 1.26 bits per heavy atom. The topological polar surface area (TPSA) is 55.5 Å². The van der Waals surface area contributed by atoms with Gasteiger partial charge in [0.05, 0.1) is 12.7 Å². The molecule has 1 aromatic carbocycles. The van der Waals surface area contributed by atoms with Crippen LogP contribution in [0.1, 0.15) is 49.7 Å². The van der Waals surface area contributed by atoms with Crippen LogP contribution in [0.4, 0.5) is 8.78 Å². The number of ether oxygens (including phenoxy) is 1. The third-order valence-corrected chi connectivity index (χ3v) is 3.87. The van der Waals surface area contributed by atoms with E-state index in [9.17, 15) is 13.9 Å². The molecule has 0 atom stereocenters. The van der Waals surface area contributed by atoms with Crippen LogP contribution in [0.3, 0.4) is 0 Å². The van der Waals surface area contributed by atoms with Gasteiger partial charge in [-0.3, -0.25) is 0 Å². The zero-order valence-corrected chi connectivity index (χ0v) is 11.0. The average Bonchev–Trinajstić information content (AvgIpc) is 2.39. The number of halogens is 2. The van der Waals surface area contributed by atoms with Crippen LogP contribution >= 0.6 is 0 Å². The van der Waals surface area contributed by atoms with Crippen molar-refractivity contribution < 1.29 is 18.6 Å². The molecular formula is C14H19F2NO2. The number of rotatable bonds is 3. The molecule has 0 saturated heterocycles. The number of aromatic hydroxyl groups is 1. The number of hydrogen-bond donors (Lipinski definition) is 2. The Morgan fingerprint density at radius 2 is 1.89 bits per heavy atom. The van der Waals surface area contributed by atoms with Gasteiger partial charge in [-0.25, -0.2) is 8.78 Å². The molecule has 0 aromatic heterocycles. The lowest BCUT2D eigenvalue weighted by Gasteiger charge is -2.35. The third-order valence-electron chi connectivity index (χ3n) is 3.87. The number of nitrogens with two attached hydrogens (primary N) is 1. The van der Waals surface area contributed by atoms with Crippen LogP contribution in [0, 0.1) is 0 Å². The fourth-order valence-corrected chi connectivity index (χ4v) is 2.75. The minimum absolute atomic E-state index is 0.304. The Kier molecular flexibility index (Phi) is 3.94. The maximum Gasteiger partial charge on any atom is 0.267 e. The molecule has 3 nitrogen and oxygen atoms in total. The molecule has 0 unspecified atom stereocenters. The monoisotopic (exact) mass is 271 g/mol. The molecule has 1 aliphatic rings. The number of phenolic OH excluding ortho intramolecular Hbond substituents is 1. The number of methoxy groups -OCH3 is 1. The van der Waals surface area contributed by atoms with E-state index in [0.29, 0.717) is 24.2 Å². The van der Waals surface area contributed by atoms with Gasteiger partial charge < -0.3 is 15.6 Å². The SMILES string of the molecule is COc1cc(C(F)F)c(O)c(C2(N)CCCCC2)c1. The first kappa shape index (κ1) is 14.1. The Hall–Kier alpha value is -1.36. The first-order valence-corrected chi connectivity index (χ1v) is 6.46. The van der Waals surface area contributed by atoms with Crippen molar-refractivity contribution in [2.45, 2.75) is 44.1 Å². The lowest BCUT2D eigenvalue weighted by Crippen LogP contribution is -2.38. The smallest absolute Gasteiger partial charge is 0.267 e. The van der Waals surface area contributed by atoms with Crippen molar-refractivity contribution in [1.82, 2.24) is 0 Å². The third kappa shape index (κ3) is 2.66. The van der Waals surface area contributed by atoms with Gasteiger partial charge in [0.25, 0.3) is 6.43 Å². The second-order valence-corrected chi connectivity index (χ2v) is 5.13. The lowest BCUT2D eigenvalue weighted by molar-refractivity contribution is 0.146. The van der Waals surface area contributed by atoms with E-state index < -0.39 is 17.5 Å². The molecule has 1 fully saturated rings. The minimum atomic E-state index is -2.75. The summed E-state index contributed by atoms with van der Waals surface area (Å²) >= 11 is 0. The number of phenols is 1. The van der Waals surface area contributed by atoms with Gasteiger partial charge in [-0.05, 0) is 25.0 Å². The van der Waals surface area contributed by atoms with Gasteiger partial charge in [-0.15, -0.1) is 0 Å². The molecule has 5 heteroatoms.